The number of hydrogen-bond donors (Lipinski definition) is 1. The summed E-state index contributed by atoms with van der Waals surface area (Å²) in [5.74, 6) is 0.0115. The van der Waals surface area contributed by atoms with Crippen LogP contribution in [-0.4, -0.2) is 17.3 Å². The molecule has 0 saturated carbocycles. The molecule has 0 spiro atoms. The number of halogens is 1. The van der Waals surface area contributed by atoms with E-state index in [2.05, 4.69) is 10.3 Å². The van der Waals surface area contributed by atoms with E-state index >= 15 is 0 Å². The topological polar surface area (TPSA) is 42.0 Å². The molecule has 0 atom stereocenters. The maximum atomic E-state index is 11.9. The molecule has 2 aromatic rings. The predicted molar refractivity (Wildman–Crippen MR) is 73.2 cm³/mol. The second-order valence-electron chi connectivity index (χ2n) is 3.97. The number of aromatic nitrogens is 1. The number of pyridine rings is 1. The lowest BCUT2D eigenvalue weighted by molar-refractivity contribution is 0.101. The highest BCUT2D eigenvalue weighted by molar-refractivity contribution is 6.30. The van der Waals surface area contributed by atoms with Gasteiger partial charge >= 0.3 is 0 Å². The SMILES string of the molecule is Cc1ccc(C(=O)CNc2ccc(Cl)cc2)cn1. The number of Topliss-reactive ketones (excluding diaryl/α,β-unsaturated/α-hetero) is 1. The Labute approximate surface area is 111 Å². The van der Waals surface area contributed by atoms with E-state index in [9.17, 15) is 4.79 Å². The summed E-state index contributed by atoms with van der Waals surface area (Å²) in [6, 6.07) is 10.8. The van der Waals surface area contributed by atoms with Crippen molar-refractivity contribution in [3.8, 4) is 0 Å². The smallest absolute Gasteiger partial charge is 0.183 e. The minimum Gasteiger partial charge on any atom is -0.378 e. The lowest BCUT2D eigenvalue weighted by Crippen LogP contribution is -2.14. The molecule has 0 aliphatic heterocycles. The number of nitrogens with zero attached hydrogens (tertiary/aromatic N) is 1. The van der Waals surface area contributed by atoms with Crippen molar-refractivity contribution < 1.29 is 4.79 Å². The van der Waals surface area contributed by atoms with Crippen molar-refractivity contribution in [1.29, 1.82) is 0 Å². The van der Waals surface area contributed by atoms with Gasteiger partial charge < -0.3 is 5.32 Å². The summed E-state index contributed by atoms with van der Waals surface area (Å²) in [6.45, 7) is 2.13. The van der Waals surface area contributed by atoms with Crippen molar-refractivity contribution in [3.05, 3.63) is 58.9 Å². The number of ketones is 1. The maximum absolute atomic E-state index is 11.9. The molecular formula is C14H13ClN2O. The molecule has 1 aromatic carbocycles. The summed E-state index contributed by atoms with van der Waals surface area (Å²) in [5, 5.41) is 3.72. The molecule has 0 saturated heterocycles. The Hall–Kier alpha value is -1.87. The third kappa shape index (κ3) is 3.31. The Morgan fingerprint density at radius 2 is 1.94 bits per heavy atom. The van der Waals surface area contributed by atoms with Crippen molar-refractivity contribution in [2.24, 2.45) is 0 Å². The van der Waals surface area contributed by atoms with Crippen molar-refractivity contribution in [3.63, 3.8) is 0 Å². The molecule has 4 heteroatoms. The number of benzene rings is 1. The first-order valence-corrected chi connectivity index (χ1v) is 5.98. The molecular weight excluding hydrogens is 248 g/mol. The molecule has 3 nitrogen and oxygen atoms in total. The van der Waals surface area contributed by atoms with Crippen molar-refractivity contribution in [1.82, 2.24) is 4.98 Å². The van der Waals surface area contributed by atoms with Crippen LogP contribution in [0.25, 0.3) is 0 Å². The van der Waals surface area contributed by atoms with Gasteiger partial charge in [0.25, 0.3) is 0 Å². The molecule has 0 radical (unpaired) electrons. The van der Waals surface area contributed by atoms with Crippen LogP contribution in [0.1, 0.15) is 16.1 Å². The Morgan fingerprint density at radius 3 is 2.56 bits per heavy atom. The van der Waals surface area contributed by atoms with E-state index in [1.807, 2.05) is 25.1 Å². The van der Waals surface area contributed by atoms with E-state index < -0.39 is 0 Å². The molecule has 0 bridgehead atoms. The fourth-order valence-corrected chi connectivity index (χ4v) is 1.61. The van der Waals surface area contributed by atoms with Crippen LogP contribution in [0.3, 0.4) is 0 Å². The largest absolute Gasteiger partial charge is 0.378 e. The summed E-state index contributed by atoms with van der Waals surface area (Å²) in [6.07, 6.45) is 1.60. The van der Waals surface area contributed by atoms with Crippen molar-refractivity contribution in [2.75, 3.05) is 11.9 Å². The quantitative estimate of drug-likeness (QED) is 0.858. The number of rotatable bonds is 4. The van der Waals surface area contributed by atoms with Crippen LogP contribution in [0.2, 0.25) is 5.02 Å². The molecule has 0 unspecified atom stereocenters. The summed E-state index contributed by atoms with van der Waals surface area (Å²) in [4.78, 5) is 16.0. The van der Waals surface area contributed by atoms with E-state index in [0.717, 1.165) is 11.4 Å². The molecule has 0 fully saturated rings. The first-order chi connectivity index (χ1) is 8.65. The highest BCUT2D eigenvalue weighted by atomic mass is 35.5. The molecule has 0 aliphatic rings. The number of carbonyl (C=O) groups is 1. The molecule has 1 aromatic heterocycles. The summed E-state index contributed by atoms with van der Waals surface area (Å²) < 4.78 is 0. The average molecular weight is 261 g/mol. The predicted octanol–water partition coefficient (Wildman–Crippen LogP) is 3.34. The molecule has 18 heavy (non-hydrogen) atoms. The Bertz CT molecular complexity index is 535. The van der Waals surface area contributed by atoms with Gasteiger partial charge in [0.2, 0.25) is 0 Å². The van der Waals surface area contributed by atoms with Crippen LogP contribution in [0.4, 0.5) is 5.69 Å². The lowest BCUT2D eigenvalue weighted by Gasteiger charge is -2.05. The van der Waals surface area contributed by atoms with E-state index in [1.165, 1.54) is 0 Å². The fourth-order valence-electron chi connectivity index (χ4n) is 1.48. The van der Waals surface area contributed by atoms with Crippen molar-refractivity contribution >= 4 is 23.1 Å². The summed E-state index contributed by atoms with van der Waals surface area (Å²) in [7, 11) is 0. The zero-order chi connectivity index (χ0) is 13.0. The second-order valence-corrected chi connectivity index (χ2v) is 4.41. The third-order valence-corrected chi connectivity index (χ3v) is 2.78. The molecule has 0 aliphatic carbocycles. The number of nitrogens with one attached hydrogen (secondary N) is 1. The maximum Gasteiger partial charge on any atom is 0.183 e. The monoisotopic (exact) mass is 260 g/mol. The van der Waals surface area contributed by atoms with E-state index in [4.69, 9.17) is 11.6 Å². The van der Waals surface area contributed by atoms with Gasteiger partial charge in [-0.05, 0) is 43.3 Å². The number of aryl methyl sites for hydroxylation is 1. The Balaban J connectivity index is 1.96. The normalized spacial score (nSPS) is 10.1. The van der Waals surface area contributed by atoms with Gasteiger partial charge in [-0.1, -0.05) is 11.6 Å². The fraction of sp³-hybridized carbons (Fsp3) is 0.143. The van der Waals surface area contributed by atoms with Crippen LogP contribution < -0.4 is 5.32 Å². The first kappa shape index (κ1) is 12.6. The van der Waals surface area contributed by atoms with Gasteiger partial charge in [0.15, 0.2) is 5.78 Å². The molecule has 0 amide bonds. The Morgan fingerprint density at radius 1 is 1.22 bits per heavy atom. The zero-order valence-corrected chi connectivity index (χ0v) is 10.7. The molecule has 2 rings (SSSR count). The molecule has 92 valence electrons. The summed E-state index contributed by atoms with van der Waals surface area (Å²) in [5.41, 5.74) is 2.38. The lowest BCUT2D eigenvalue weighted by atomic mass is 10.2. The number of anilines is 1. The van der Waals surface area contributed by atoms with Gasteiger partial charge in [-0.3, -0.25) is 9.78 Å². The van der Waals surface area contributed by atoms with E-state index in [1.54, 1.807) is 24.4 Å². The van der Waals surface area contributed by atoms with Crippen LogP contribution in [0.15, 0.2) is 42.6 Å². The summed E-state index contributed by atoms with van der Waals surface area (Å²) >= 11 is 5.78. The average Bonchev–Trinajstić information content (AvgIpc) is 2.38. The van der Waals surface area contributed by atoms with Crippen molar-refractivity contribution in [2.45, 2.75) is 6.92 Å². The van der Waals surface area contributed by atoms with Gasteiger partial charge in [-0.15, -0.1) is 0 Å². The zero-order valence-electron chi connectivity index (χ0n) is 9.98. The van der Waals surface area contributed by atoms with E-state index in [-0.39, 0.29) is 12.3 Å². The minimum absolute atomic E-state index is 0.0115. The van der Waals surface area contributed by atoms with Gasteiger partial charge in [0.1, 0.15) is 0 Å². The van der Waals surface area contributed by atoms with Crippen LogP contribution in [-0.2, 0) is 0 Å². The number of hydrogen-bond acceptors (Lipinski definition) is 3. The minimum atomic E-state index is 0.0115. The highest BCUT2D eigenvalue weighted by Crippen LogP contribution is 2.13. The van der Waals surface area contributed by atoms with Crippen LogP contribution >= 0.6 is 11.6 Å². The van der Waals surface area contributed by atoms with Gasteiger partial charge in [-0.2, -0.15) is 0 Å². The van der Waals surface area contributed by atoms with Crippen LogP contribution in [0, 0.1) is 6.92 Å². The molecule has 1 heterocycles. The first-order valence-electron chi connectivity index (χ1n) is 5.60. The standard InChI is InChI=1S/C14H13ClN2O/c1-10-2-3-11(8-16-10)14(18)9-17-13-6-4-12(15)5-7-13/h2-8,17H,9H2,1H3. The third-order valence-electron chi connectivity index (χ3n) is 2.53. The number of carbonyl (C=O) groups excluding carboxylic acids is 1. The second kappa shape index (κ2) is 5.65. The molecule has 1 N–H and O–H groups in total. The van der Waals surface area contributed by atoms with Gasteiger partial charge in [0.05, 0.1) is 6.54 Å². The van der Waals surface area contributed by atoms with E-state index in [0.29, 0.717) is 10.6 Å². The van der Waals surface area contributed by atoms with Crippen LogP contribution in [0.5, 0.6) is 0 Å². The highest BCUT2D eigenvalue weighted by Gasteiger charge is 2.05. The van der Waals surface area contributed by atoms with Gasteiger partial charge in [0, 0.05) is 28.2 Å². The van der Waals surface area contributed by atoms with Gasteiger partial charge in [-0.25, -0.2) is 0 Å². The Kier molecular flexibility index (Phi) is 3.95.